The number of hydrogen-bond acceptors (Lipinski definition) is 4. The van der Waals surface area contributed by atoms with E-state index in [0.717, 1.165) is 12.8 Å². The van der Waals surface area contributed by atoms with Gasteiger partial charge in [-0.25, -0.2) is 0 Å². The maximum atomic E-state index is 9.79. The van der Waals surface area contributed by atoms with Gasteiger partial charge < -0.3 is 10.2 Å². The molecule has 0 spiro atoms. The van der Waals surface area contributed by atoms with Gasteiger partial charge in [0.05, 0.1) is 0 Å². The van der Waals surface area contributed by atoms with Crippen LogP contribution in [0.15, 0.2) is 49.1 Å². The van der Waals surface area contributed by atoms with Crippen molar-refractivity contribution < 1.29 is 19.8 Å². The number of carbonyl (C=O) groups is 2. The Morgan fingerprint density at radius 3 is 1.42 bits per heavy atom. The van der Waals surface area contributed by atoms with Crippen LogP contribution in [-0.4, -0.2) is 32.1 Å². The van der Waals surface area contributed by atoms with Crippen molar-refractivity contribution in [3.05, 3.63) is 60.2 Å². The van der Waals surface area contributed by atoms with Crippen LogP contribution < -0.4 is 0 Å². The normalized spacial score (nSPS) is 9.67. The van der Waals surface area contributed by atoms with Gasteiger partial charge in [-0.15, -0.1) is 0 Å². The van der Waals surface area contributed by atoms with Crippen molar-refractivity contribution in [1.29, 1.82) is 0 Å². The summed E-state index contributed by atoms with van der Waals surface area (Å²) >= 11 is 0. The SMILES string of the molecule is O=C(O)CCCC(=O)O.c1cc(CCCc2ccncc2)ccn1. The first-order chi connectivity index (χ1) is 11.6. The van der Waals surface area contributed by atoms with Crippen molar-refractivity contribution in [2.45, 2.75) is 38.5 Å². The molecule has 6 nitrogen and oxygen atoms in total. The number of hydrogen-bond donors (Lipinski definition) is 2. The number of rotatable bonds is 8. The minimum absolute atomic E-state index is 0.0632. The molecular formula is C18H22N2O4. The minimum Gasteiger partial charge on any atom is -0.481 e. The molecule has 0 saturated heterocycles. The predicted molar refractivity (Wildman–Crippen MR) is 89.6 cm³/mol. The molecule has 128 valence electrons. The first kappa shape index (κ1) is 19.3. The third kappa shape index (κ3) is 10.0. The maximum absolute atomic E-state index is 9.79. The van der Waals surface area contributed by atoms with E-state index in [9.17, 15) is 9.59 Å². The summed E-state index contributed by atoms with van der Waals surface area (Å²) < 4.78 is 0. The third-order valence-electron chi connectivity index (χ3n) is 3.21. The second kappa shape index (κ2) is 11.8. The number of aliphatic carboxylic acids is 2. The minimum atomic E-state index is -0.948. The van der Waals surface area contributed by atoms with E-state index in [-0.39, 0.29) is 19.3 Å². The fourth-order valence-corrected chi connectivity index (χ4v) is 1.99. The van der Waals surface area contributed by atoms with Crippen molar-refractivity contribution >= 4 is 11.9 Å². The zero-order chi connectivity index (χ0) is 17.6. The molecule has 2 aromatic rings. The van der Waals surface area contributed by atoms with Gasteiger partial charge in [0.25, 0.3) is 0 Å². The number of aryl methyl sites for hydroxylation is 2. The van der Waals surface area contributed by atoms with Gasteiger partial charge in [-0.2, -0.15) is 0 Å². The standard InChI is InChI=1S/C13H14N2.C5H8O4/c1(2-12-4-8-14-9-5-12)3-13-6-10-15-11-7-13;6-4(7)2-1-3-5(8)9/h4-11H,1-3H2;1-3H2,(H,6,7)(H,8,9). The first-order valence-electron chi connectivity index (χ1n) is 7.79. The molecule has 2 aromatic heterocycles. The average molecular weight is 330 g/mol. The van der Waals surface area contributed by atoms with E-state index < -0.39 is 11.9 Å². The summed E-state index contributed by atoms with van der Waals surface area (Å²) in [7, 11) is 0. The highest BCUT2D eigenvalue weighted by molar-refractivity contribution is 5.69. The van der Waals surface area contributed by atoms with E-state index in [1.54, 1.807) is 0 Å². The van der Waals surface area contributed by atoms with Gasteiger partial charge >= 0.3 is 11.9 Å². The molecule has 0 bridgehead atoms. The first-order valence-corrected chi connectivity index (χ1v) is 7.79. The number of aromatic nitrogens is 2. The highest BCUT2D eigenvalue weighted by atomic mass is 16.4. The summed E-state index contributed by atoms with van der Waals surface area (Å²) in [6.45, 7) is 0. The monoisotopic (exact) mass is 330 g/mol. The Bertz CT molecular complexity index is 549. The molecule has 6 heteroatoms. The van der Waals surface area contributed by atoms with E-state index in [4.69, 9.17) is 10.2 Å². The van der Waals surface area contributed by atoms with Crippen molar-refractivity contribution in [2.24, 2.45) is 0 Å². The van der Waals surface area contributed by atoms with Crippen molar-refractivity contribution in [3.8, 4) is 0 Å². The van der Waals surface area contributed by atoms with Crippen LogP contribution >= 0.6 is 0 Å². The second-order valence-electron chi connectivity index (χ2n) is 5.21. The fourth-order valence-electron chi connectivity index (χ4n) is 1.99. The summed E-state index contributed by atoms with van der Waals surface area (Å²) in [6, 6.07) is 8.30. The average Bonchev–Trinajstić information content (AvgIpc) is 2.57. The topological polar surface area (TPSA) is 100 Å². The highest BCUT2D eigenvalue weighted by Gasteiger charge is 1.99. The zero-order valence-electron chi connectivity index (χ0n) is 13.5. The lowest BCUT2D eigenvalue weighted by molar-refractivity contribution is -0.138. The molecule has 0 amide bonds. The van der Waals surface area contributed by atoms with Crippen LogP contribution in [0.4, 0.5) is 0 Å². The Morgan fingerprint density at radius 2 is 1.08 bits per heavy atom. The number of carboxylic acids is 2. The number of pyridine rings is 2. The molecular weight excluding hydrogens is 308 g/mol. The molecule has 0 radical (unpaired) electrons. The molecule has 0 aliphatic heterocycles. The summed E-state index contributed by atoms with van der Waals surface area (Å²) in [4.78, 5) is 27.6. The van der Waals surface area contributed by atoms with Gasteiger partial charge in [0.15, 0.2) is 0 Å². The third-order valence-corrected chi connectivity index (χ3v) is 3.21. The lowest BCUT2D eigenvalue weighted by atomic mass is 10.1. The second-order valence-corrected chi connectivity index (χ2v) is 5.21. The Labute approximate surface area is 141 Å². The van der Waals surface area contributed by atoms with Crippen molar-refractivity contribution in [1.82, 2.24) is 9.97 Å². The lowest BCUT2D eigenvalue weighted by Crippen LogP contribution is -1.98. The van der Waals surface area contributed by atoms with Crippen LogP contribution in [0.25, 0.3) is 0 Å². The van der Waals surface area contributed by atoms with Crippen LogP contribution in [0.3, 0.4) is 0 Å². The van der Waals surface area contributed by atoms with Crippen LogP contribution in [-0.2, 0) is 22.4 Å². The van der Waals surface area contributed by atoms with Crippen LogP contribution in [0.1, 0.15) is 36.8 Å². The molecule has 0 aliphatic carbocycles. The quantitative estimate of drug-likeness (QED) is 0.772. The molecule has 0 aliphatic rings. The van der Waals surface area contributed by atoms with E-state index in [2.05, 4.69) is 34.2 Å². The summed E-state index contributed by atoms with van der Waals surface area (Å²) in [5.74, 6) is -1.90. The molecule has 0 fully saturated rings. The fraction of sp³-hybridized carbons (Fsp3) is 0.333. The van der Waals surface area contributed by atoms with Gasteiger partial charge in [-0.3, -0.25) is 19.6 Å². The Balaban J connectivity index is 0.000000277. The smallest absolute Gasteiger partial charge is 0.303 e. The van der Waals surface area contributed by atoms with Gasteiger partial charge in [0.2, 0.25) is 0 Å². The largest absolute Gasteiger partial charge is 0.481 e. The Hall–Kier alpha value is -2.76. The van der Waals surface area contributed by atoms with Gasteiger partial charge in [-0.1, -0.05) is 0 Å². The number of nitrogens with zero attached hydrogens (tertiary/aromatic N) is 2. The molecule has 0 unspecified atom stereocenters. The number of carboxylic acid groups (broad SMARTS) is 2. The highest BCUT2D eigenvalue weighted by Crippen LogP contribution is 2.06. The van der Waals surface area contributed by atoms with Crippen molar-refractivity contribution in [2.75, 3.05) is 0 Å². The maximum Gasteiger partial charge on any atom is 0.303 e. The van der Waals surface area contributed by atoms with Crippen LogP contribution in [0.2, 0.25) is 0 Å². The zero-order valence-corrected chi connectivity index (χ0v) is 13.5. The Morgan fingerprint density at radius 1 is 0.708 bits per heavy atom. The molecule has 0 saturated carbocycles. The molecule has 2 heterocycles. The molecule has 2 N–H and O–H groups in total. The molecule has 0 atom stereocenters. The van der Waals surface area contributed by atoms with E-state index >= 15 is 0 Å². The van der Waals surface area contributed by atoms with E-state index in [1.165, 1.54) is 17.5 Å². The van der Waals surface area contributed by atoms with Gasteiger partial charge in [0, 0.05) is 37.6 Å². The summed E-state index contributed by atoms with van der Waals surface area (Å²) in [5.41, 5.74) is 2.72. The predicted octanol–water partition coefficient (Wildman–Crippen LogP) is 2.98. The molecule has 2 rings (SSSR count). The van der Waals surface area contributed by atoms with Crippen LogP contribution in [0.5, 0.6) is 0 Å². The van der Waals surface area contributed by atoms with Gasteiger partial charge in [-0.05, 0) is 61.1 Å². The van der Waals surface area contributed by atoms with Gasteiger partial charge in [0.1, 0.15) is 0 Å². The summed E-state index contributed by atoms with van der Waals surface area (Å²) in [5, 5.41) is 16.1. The molecule has 0 aromatic carbocycles. The van der Waals surface area contributed by atoms with E-state index in [1.807, 2.05) is 24.8 Å². The van der Waals surface area contributed by atoms with Crippen LogP contribution in [0, 0.1) is 0 Å². The van der Waals surface area contributed by atoms with E-state index in [0.29, 0.717) is 0 Å². The van der Waals surface area contributed by atoms with Crippen molar-refractivity contribution in [3.63, 3.8) is 0 Å². The summed E-state index contributed by atoms with van der Waals surface area (Å²) in [6.07, 6.45) is 10.9. The Kier molecular flexibility index (Phi) is 9.45. The lowest BCUT2D eigenvalue weighted by Gasteiger charge is -2.01. The molecule has 24 heavy (non-hydrogen) atoms.